The molecule has 1 rings (SSSR count). The first-order valence-electron chi connectivity index (χ1n) is 3.02. The largest absolute Gasteiger partial charge is 0.289 e. The molecule has 56 valence electrons. The molecule has 1 unspecified atom stereocenters. The summed E-state index contributed by atoms with van der Waals surface area (Å²) in [4.78, 5) is 21.6. The number of likely N-dealkylation sites (tertiary alicyclic amines) is 1. The average Bonchev–Trinajstić information content (AvgIpc) is 2.14. The Morgan fingerprint density at radius 3 is 2.60 bits per heavy atom. The molecule has 0 bridgehead atoms. The SMILES string of the molecule is CN1C(=O)CCC1[N+](=O)[O-]. The molecule has 10 heavy (non-hydrogen) atoms. The second kappa shape index (κ2) is 2.24. The molecule has 1 aliphatic heterocycles. The Kier molecular flexibility index (Phi) is 1.57. The molecule has 0 saturated carbocycles. The summed E-state index contributed by atoms with van der Waals surface area (Å²) in [5.74, 6) is -0.137. The molecule has 1 aliphatic rings. The van der Waals surface area contributed by atoms with E-state index in [0.717, 1.165) is 0 Å². The lowest BCUT2D eigenvalue weighted by Gasteiger charge is -2.10. The van der Waals surface area contributed by atoms with Gasteiger partial charge >= 0.3 is 0 Å². The van der Waals surface area contributed by atoms with Gasteiger partial charge in [-0.2, -0.15) is 0 Å². The van der Waals surface area contributed by atoms with Crippen LogP contribution in [0, 0.1) is 10.1 Å². The number of hydrogen-bond acceptors (Lipinski definition) is 3. The molecular formula is C5H8N2O3. The molecule has 0 aromatic rings. The van der Waals surface area contributed by atoms with E-state index in [1.165, 1.54) is 11.9 Å². The number of amides is 1. The lowest BCUT2D eigenvalue weighted by Crippen LogP contribution is -2.34. The van der Waals surface area contributed by atoms with Gasteiger partial charge in [-0.05, 0) is 0 Å². The maximum atomic E-state index is 10.7. The third-order valence-electron chi connectivity index (χ3n) is 1.70. The molecule has 1 amide bonds. The highest BCUT2D eigenvalue weighted by molar-refractivity contribution is 5.78. The van der Waals surface area contributed by atoms with Gasteiger partial charge in [0.05, 0.1) is 0 Å². The van der Waals surface area contributed by atoms with Gasteiger partial charge in [-0.15, -0.1) is 0 Å². The third-order valence-corrected chi connectivity index (χ3v) is 1.70. The summed E-state index contributed by atoms with van der Waals surface area (Å²) in [6, 6.07) is 0. The second-order valence-corrected chi connectivity index (χ2v) is 2.31. The van der Waals surface area contributed by atoms with Crippen molar-refractivity contribution >= 4 is 5.91 Å². The first-order valence-corrected chi connectivity index (χ1v) is 3.02. The third kappa shape index (κ3) is 0.940. The van der Waals surface area contributed by atoms with Crippen molar-refractivity contribution in [2.75, 3.05) is 7.05 Å². The summed E-state index contributed by atoms with van der Waals surface area (Å²) in [5.41, 5.74) is 0. The van der Waals surface area contributed by atoms with Gasteiger partial charge in [0, 0.05) is 24.8 Å². The molecule has 0 aliphatic carbocycles. The molecule has 0 aromatic carbocycles. The molecule has 0 N–H and O–H groups in total. The molecule has 0 aromatic heterocycles. The van der Waals surface area contributed by atoms with Crippen molar-refractivity contribution in [2.24, 2.45) is 0 Å². The van der Waals surface area contributed by atoms with Crippen molar-refractivity contribution < 1.29 is 9.72 Å². The number of rotatable bonds is 1. The molecule has 0 spiro atoms. The van der Waals surface area contributed by atoms with Gasteiger partial charge in [0.25, 0.3) is 6.17 Å². The molecule has 1 atom stereocenters. The van der Waals surface area contributed by atoms with E-state index in [0.29, 0.717) is 12.8 Å². The van der Waals surface area contributed by atoms with Crippen LogP contribution in [0.15, 0.2) is 0 Å². The number of hydrogen-bond donors (Lipinski definition) is 0. The lowest BCUT2D eigenvalue weighted by molar-refractivity contribution is -0.541. The van der Waals surface area contributed by atoms with Gasteiger partial charge in [0.2, 0.25) is 5.91 Å². The lowest BCUT2D eigenvalue weighted by atomic mass is 10.3. The fourth-order valence-corrected chi connectivity index (χ4v) is 1.04. The Hall–Kier alpha value is -1.13. The van der Waals surface area contributed by atoms with Gasteiger partial charge in [0.1, 0.15) is 0 Å². The van der Waals surface area contributed by atoms with Crippen LogP contribution < -0.4 is 0 Å². The van der Waals surface area contributed by atoms with E-state index in [9.17, 15) is 14.9 Å². The van der Waals surface area contributed by atoms with Crippen LogP contribution in [0.25, 0.3) is 0 Å². The summed E-state index contributed by atoms with van der Waals surface area (Å²) < 4.78 is 0. The van der Waals surface area contributed by atoms with E-state index in [1.807, 2.05) is 0 Å². The Morgan fingerprint density at radius 1 is 1.80 bits per heavy atom. The van der Waals surface area contributed by atoms with Crippen LogP contribution in [0.4, 0.5) is 0 Å². The van der Waals surface area contributed by atoms with E-state index >= 15 is 0 Å². The molecular weight excluding hydrogens is 136 g/mol. The van der Waals surface area contributed by atoms with Crippen molar-refractivity contribution in [3.05, 3.63) is 10.1 Å². The molecule has 5 nitrogen and oxygen atoms in total. The van der Waals surface area contributed by atoms with Crippen LogP contribution in [0.5, 0.6) is 0 Å². The van der Waals surface area contributed by atoms with Gasteiger partial charge in [-0.3, -0.25) is 19.8 Å². The Balaban J connectivity index is 2.66. The van der Waals surface area contributed by atoms with Crippen LogP contribution in [-0.4, -0.2) is 28.9 Å². The van der Waals surface area contributed by atoms with Crippen LogP contribution in [0.3, 0.4) is 0 Å². The average molecular weight is 144 g/mol. The first kappa shape index (κ1) is 6.98. The summed E-state index contributed by atoms with van der Waals surface area (Å²) in [6.07, 6.45) is -0.128. The van der Waals surface area contributed by atoms with Crippen LogP contribution >= 0.6 is 0 Å². The monoisotopic (exact) mass is 144 g/mol. The fourth-order valence-electron chi connectivity index (χ4n) is 1.04. The first-order chi connectivity index (χ1) is 4.63. The van der Waals surface area contributed by atoms with Gasteiger partial charge in [-0.25, -0.2) is 0 Å². The van der Waals surface area contributed by atoms with Crippen LogP contribution in [-0.2, 0) is 4.79 Å². The highest BCUT2D eigenvalue weighted by atomic mass is 16.6. The summed E-state index contributed by atoms with van der Waals surface area (Å²) in [5, 5.41) is 10.2. The Labute approximate surface area is 57.8 Å². The van der Waals surface area contributed by atoms with Gasteiger partial charge < -0.3 is 0 Å². The molecule has 5 heteroatoms. The van der Waals surface area contributed by atoms with Crippen molar-refractivity contribution in [3.63, 3.8) is 0 Å². The molecule has 1 fully saturated rings. The topological polar surface area (TPSA) is 63.5 Å². The maximum Gasteiger partial charge on any atom is 0.289 e. The maximum absolute atomic E-state index is 10.7. The summed E-state index contributed by atoms with van der Waals surface area (Å²) in [6.45, 7) is 0. The minimum Gasteiger partial charge on any atom is -0.283 e. The van der Waals surface area contributed by atoms with Crippen molar-refractivity contribution in [3.8, 4) is 0 Å². The zero-order valence-electron chi connectivity index (χ0n) is 5.61. The number of nitro groups is 1. The van der Waals surface area contributed by atoms with Crippen molar-refractivity contribution in [1.29, 1.82) is 0 Å². The number of carbonyl (C=O) groups excluding carboxylic acids is 1. The summed E-state index contributed by atoms with van der Waals surface area (Å²) in [7, 11) is 1.46. The normalized spacial score (nSPS) is 25.5. The minimum atomic E-state index is -0.785. The van der Waals surface area contributed by atoms with E-state index in [1.54, 1.807) is 0 Å². The van der Waals surface area contributed by atoms with Crippen LogP contribution in [0.1, 0.15) is 12.8 Å². The van der Waals surface area contributed by atoms with E-state index in [-0.39, 0.29) is 5.91 Å². The van der Waals surface area contributed by atoms with Crippen LogP contribution in [0.2, 0.25) is 0 Å². The second-order valence-electron chi connectivity index (χ2n) is 2.31. The highest BCUT2D eigenvalue weighted by Crippen LogP contribution is 2.15. The number of nitrogens with zero attached hydrogens (tertiary/aromatic N) is 2. The molecule has 1 heterocycles. The van der Waals surface area contributed by atoms with E-state index < -0.39 is 11.1 Å². The predicted molar refractivity (Wildman–Crippen MR) is 32.8 cm³/mol. The quantitative estimate of drug-likeness (QED) is 0.379. The minimum absolute atomic E-state index is 0.137. The smallest absolute Gasteiger partial charge is 0.283 e. The molecule has 0 radical (unpaired) electrons. The zero-order chi connectivity index (χ0) is 7.72. The van der Waals surface area contributed by atoms with E-state index in [4.69, 9.17) is 0 Å². The van der Waals surface area contributed by atoms with Crippen molar-refractivity contribution in [1.82, 2.24) is 4.90 Å². The van der Waals surface area contributed by atoms with Gasteiger partial charge in [0.15, 0.2) is 0 Å². The Morgan fingerprint density at radius 2 is 2.40 bits per heavy atom. The Bertz CT molecular complexity index is 180. The standard InChI is InChI=1S/C5H8N2O3/c1-6-4(7(9)10)2-3-5(6)8/h4H,2-3H2,1H3. The highest BCUT2D eigenvalue weighted by Gasteiger charge is 2.35. The molecule has 1 saturated heterocycles. The van der Waals surface area contributed by atoms with E-state index in [2.05, 4.69) is 0 Å². The predicted octanol–water partition coefficient (Wildman–Crippen LogP) is -0.159. The number of carbonyl (C=O) groups is 1. The van der Waals surface area contributed by atoms with Crippen molar-refractivity contribution in [2.45, 2.75) is 19.0 Å². The fraction of sp³-hybridized carbons (Fsp3) is 0.800. The van der Waals surface area contributed by atoms with Gasteiger partial charge in [-0.1, -0.05) is 0 Å². The zero-order valence-corrected chi connectivity index (χ0v) is 5.61. The summed E-state index contributed by atoms with van der Waals surface area (Å²) >= 11 is 0.